The summed E-state index contributed by atoms with van der Waals surface area (Å²) in [6, 6.07) is 12.8. The Morgan fingerprint density at radius 3 is 2.65 bits per heavy atom. The molecule has 0 saturated heterocycles. The number of nitrogens with zero attached hydrogens (tertiary/aromatic N) is 1. The summed E-state index contributed by atoms with van der Waals surface area (Å²) in [4.78, 5) is 4.00. The number of aromatic nitrogens is 1. The van der Waals surface area contributed by atoms with Crippen molar-refractivity contribution in [2.45, 2.75) is 19.9 Å². The zero-order chi connectivity index (χ0) is 11.9. The minimum Gasteiger partial charge on any atom is -0.312 e. The van der Waals surface area contributed by atoms with Crippen LogP contribution >= 0.6 is 0 Å². The largest absolute Gasteiger partial charge is 0.312 e. The van der Waals surface area contributed by atoms with Crippen LogP contribution in [0.2, 0.25) is 0 Å². The Kier molecular flexibility index (Phi) is 4.28. The van der Waals surface area contributed by atoms with Crippen molar-refractivity contribution in [2.75, 3.05) is 6.54 Å². The van der Waals surface area contributed by atoms with Gasteiger partial charge in [0.15, 0.2) is 0 Å². The van der Waals surface area contributed by atoms with Crippen molar-refractivity contribution in [2.24, 2.45) is 0 Å². The lowest BCUT2D eigenvalue weighted by Gasteiger charge is -2.05. The highest BCUT2D eigenvalue weighted by atomic mass is 14.8. The first kappa shape index (κ1) is 11.8. The monoisotopic (exact) mass is 226 g/mol. The maximum absolute atomic E-state index is 4.00. The molecule has 1 N–H and O–H groups in total. The molecule has 0 amide bonds. The van der Waals surface area contributed by atoms with Gasteiger partial charge in [-0.2, -0.15) is 0 Å². The Balaban J connectivity index is 1.73. The summed E-state index contributed by atoms with van der Waals surface area (Å²) in [5, 5.41) is 3.44. The topological polar surface area (TPSA) is 24.9 Å². The molecule has 0 aliphatic rings. The molecule has 1 aromatic heterocycles. The second-order valence-electron chi connectivity index (χ2n) is 4.27. The van der Waals surface area contributed by atoms with Gasteiger partial charge in [0.2, 0.25) is 0 Å². The minimum atomic E-state index is 0.911. The van der Waals surface area contributed by atoms with Crippen LogP contribution in [0.4, 0.5) is 0 Å². The zero-order valence-corrected chi connectivity index (χ0v) is 10.2. The first-order valence-electron chi connectivity index (χ1n) is 6.00. The Morgan fingerprint density at radius 2 is 1.88 bits per heavy atom. The summed E-state index contributed by atoms with van der Waals surface area (Å²) < 4.78 is 0. The second-order valence-corrected chi connectivity index (χ2v) is 4.27. The molecule has 0 unspecified atom stereocenters. The van der Waals surface area contributed by atoms with Crippen molar-refractivity contribution in [1.82, 2.24) is 10.3 Å². The van der Waals surface area contributed by atoms with Crippen molar-refractivity contribution in [3.8, 4) is 0 Å². The fourth-order valence-electron chi connectivity index (χ4n) is 1.83. The predicted molar refractivity (Wildman–Crippen MR) is 70.8 cm³/mol. The fraction of sp³-hybridized carbons (Fsp3) is 0.267. The van der Waals surface area contributed by atoms with Crippen LogP contribution in [0.25, 0.3) is 0 Å². The summed E-state index contributed by atoms with van der Waals surface area (Å²) in [6.45, 7) is 4.05. The van der Waals surface area contributed by atoms with E-state index in [-0.39, 0.29) is 0 Å². The van der Waals surface area contributed by atoms with Crippen molar-refractivity contribution in [3.05, 3.63) is 65.5 Å². The van der Waals surface area contributed by atoms with E-state index in [0.29, 0.717) is 0 Å². The number of benzene rings is 1. The highest BCUT2D eigenvalue weighted by molar-refractivity contribution is 5.22. The van der Waals surface area contributed by atoms with Gasteiger partial charge in [-0.1, -0.05) is 29.8 Å². The average molecular weight is 226 g/mol. The summed E-state index contributed by atoms with van der Waals surface area (Å²) in [5.41, 5.74) is 4.01. The lowest BCUT2D eigenvalue weighted by molar-refractivity contribution is 0.686. The molecule has 0 spiro atoms. The maximum atomic E-state index is 4.00. The number of aryl methyl sites for hydroxylation is 1. The molecule has 2 aromatic rings. The molecule has 2 heteroatoms. The normalized spacial score (nSPS) is 10.4. The Labute approximate surface area is 103 Å². The molecular weight excluding hydrogens is 208 g/mol. The Hall–Kier alpha value is -1.67. The maximum Gasteiger partial charge on any atom is 0.0271 e. The van der Waals surface area contributed by atoms with E-state index in [0.717, 1.165) is 19.5 Å². The van der Waals surface area contributed by atoms with Crippen LogP contribution in [-0.4, -0.2) is 11.5 Å². The van der Waals surface area contributed by atoms with Crippen LogP contribution in [0.3, 0.4) is 0 Å². The second kappa shape index (κ2) is 6.16. The van der Waals surface area contributed by atoms with Gasteiger partial charge in [0.25, 0.3) is 0 Å². The van der Waals surface area contributed by atoms with Crippen molar-refractivity contribution >= 4 is 0 Å². The summed E-state index contributed by atoms with van der Waals surface area (Å²) in [7, 11) is 0. The van der Waals surface area contributed by atoms with E-state index in [4.69, 9.17) is 0 Å². The quantitative estimate of drug-likeness (QED) is 0.793. The minimum absolute atomic E-state index is 0.911. The van der Waals surface area contributed by atoms with Crippen LogP contribution < -0.4 is 5.32 Å². The van der Waals surface area contributed by atoms with Gasteiger partial charge in [-0.15, -0.1) is 0 Å². The van der Waals surface area contributed by atoms with Crippen LogP contribution in [0, 0.1) is 6.92 Å². The summed E-state index contributed by atoms with van der Waals surface area (Å²) in [6.07, 6.45) is 4.74. The fourth-order valence-corrected chi connectivity index (χ4v) is 1.83. The van der Waals surface area contributed by atoms with Gasteiger partial charge in [0.05, 0.1) is 0 Å². The molecule has 0 fully saturated rings. The molecule has 0 atom stereocenters. The van der Waals surface area contributed by atoms with Crippen LogP contribution in [-0.2, 0) is 13.0 Å². The average Bonchev–Trinajstić information content (AvgIpc) is 2.36. The van der Waals surface area contributed by atoms with Gasteiger partial charge in [-0.3, -0.25) is 4.98 Å². The molecule has 1 aromatic carbocycles. The van der Waals surface area contributed by atoms with Crippen LogP contribution in [0.1, 0.15) is 16.7 Å². The third kappa shape index (κ3) is 4.00. The van der Waals surface area contributed by atoms with Crippen LogP contribution in [0.15, 0.2) is 48.8 Å². The summed E-state index contributed by atoms with van der Waals surface area (Å²) >= 11 is 0. The van der Waals surface area contributed by atoms with Crippen LogP contribution in [0.5, 0.6) is 0 Å². The van der Waals surface area contributed by atoms with Gasteiger partial charge in [-0.05, 0) is 43.1 Å². The number of hydrogen-bond acceptors (Lipinski definition) is 2. The third-order valence-electron chi connectivity index (χ3n) is 2.75. The van der Waals surface area contributed by atoms with Crippen molar-refractivity contribution in [3.63, 3.8) is 0 Å². The zero-order valence-electron chi connectivity index (χ0n) is 10.2. The van der Waals surface area contributed by atoms with Gasteiger partial charge < -0.3 is 5.32 Å². The van der Waals surface area contributed by atoms with E-state index in [1.54, 1.807) is 0 Å². The first-order valence-corrected chi connectivity index (χ1v) is 6.00. The molecule has 17 heavy (non-hydrogen) atoms. The highest BCUT2D eigenvalue weighted by Gasteiger charge is 1.94. The molecule has 2 nitrogen and oxygen atoms in total. The standard InChI is InChI=1S/C15H18N2/c1-13-3-2-4-14(11-13)5-10-17-12-15-6-8-16-9-7-15/h2-4,6-9,11,17H,5,10,12H2,1H3. The molecule has 0 bridgehead atoms. The van der Waals surface area contributed by atoms with E-state index < -0.39 is 0 Å². The molecule has 88 valence electrons. The third-order valence-corrected chi connectivity index (χ3v) is 2.75. The Morgan fingerprint density at radius 1 is 1.06 bits per heavy atom. The number of pyridine rings is 1. The van der Waals surface area contributed by atoms with Crippen molar-refractivity contribution < 1.29 is 0 Å². The Bertz CT molecular complexity index is 451. The lowest BCUT2D eigenvalue weighted by atomic mass is 10.1. The van der Waals surface area contributed by atoms with E-state index >= 15 is 0 Å². The smallest absolute Gasteiger partial charge is 0.0271 e. The molecule has 0 saturated carbocycles. The first-order chi connectivity index (χ1) is 8.34. The predicted octanol–water partition coefficient (Wildman–Crippen LogP) is 2.72. The van der Waals surface area contributed by atoms with Gasteiger partial charge >= 0.3 is 0 Å². The highest BCUT2D eigenvalue weighted by Crippen LogP contribution is 2.04. The molecule has 0 radical (unpaired) electrons. The van der Waals surface area contributed by atoms with Gasteiger partial charge in [-0.25, -0.2) is 0 Å². The van der Waals surface area contributed by atoms with Gasteiger partial charge in [0, 0.05) is 18.9 Å². The van der Waals surface area contributed by atoms with E-state index in [9.17, 15) is 0 Å². The molecule has 2 rings (SSSR count). The van der Waals surface area contributed by atoms with E-state index in [1.165, 1.54) is 16.7 Å². The van der Waals surface area contributed by atoms with E-state index in [1.807, 2.05) is 24.5 Å². The van der Waals surface area contributed by atoms with Gasteiger partial charge in [0.1, 0.15) is 0 Å². The number of hydrogen-bond donors (Lipinski definition) is 1. The molecule has 0 aliphatic heterocycles. The lowest BCUT2D eigenvalue weighted by Crippen LogP contribution is -2.16. The summed E-state index contributed by atoms with van der Waals surface area (Å²) in [5.74, 6) is 0. The van der Waals surface area contributed by atoms with Crippen molar-refractivity contribution in [1.29, 1.82) is 0 Å². The van der Waals surface area contributed by atoms with E-state index in [2.05, 4.69) is 41.5 Å². The molecule has 0 aliphatic carbocycles. The number of nitrogens with one attached hydrogen (secondary N) is 1. The SMILES string of the molecule is Cc1cccc(CCNCc2ccncc2)c1. The molecule has 1 heterocycles. The number of rotatable bonds is 5. The molecular formula is C15H18N2.